The van der Waals surface area contributed by atoms with E-state index in [0.29, 0.717) is 0 Å². The number of rotatable bonds is 3. The highest BCUT2D eigenvalue weighted by atomic mass is 19.4. The van der Waals surface area contributed by atoms with Crippen LogP contribution < -0.4 is 16.4 Å². The second-order valence-electron chi connectivity index (χ2n) is 4.43. The zero-order chi connectivity index (χ0) is 16.8. The summed E-state index contributed by atoms with van der Waals surface area (Å²) in [4.78, 5) is 20.4. The van der Waals surface area contributed by atoms with Crippen molar-refractivity contribution in [3.8, 4) is 0 Å². The lowest BCUT2D eigenvalue weighted by atomic mass is 10.1. The van der Waals surface area contributed by atoms with Crippen LogP contribution in [0.5, 0.6) is 0 Å². The number of carbonyl (C=O) groups is 2. The summed E-state index contributed by atoms with van der Waals surface area (Å²) in [5, 5.41) is 6.04. The largest absolute Gasteiger partial charge is 0.470 e. The SMILES string of the molecule is COCC(=O)Nc1ccc2c(c1)CNC2.NC(=O)C(F)(F)F. The predicted octanol–water partition coefficient (Wildman–Crippen LogP) is 0.909. The first kappa shape index (κ1) is 17.9. The molecule has 0 radical (unpaired) electrons. The Morgan fingerprint density at radius 2 is 1.91 bits per heavy atom. The van der Waals surface area contributed by atoms with Crippen molar-refractivity contribution >= 4 is 17.5 Å². The van der Waals surface area contributed by atoms with Crippen molar-refractivity contribution < 1.29 is 27.5 Å². The van der Waals surface area contributed by atoms with Crippen LogP contribution in [0.1, 0.15) is 11.1 Å². The van der Waals surface area contributed by atoms with Crippen molar-refractivity contribution in [3.63, 3.8) is 0 Å². The third-order valence-electron chi connectivity index (χ3n) is 2.68. The van der Waals surface area contributed by atoms with Gasteiger partial charge in [0, 0.05) is 25.9 Å². The number of ether oxygens (including phenoxy) is 1. The second kappa shape index (κ2) is 7.76. The lowest BCUT2D eigenvalue weighted by Crippen LogP contribution is -2.30. The average Bonchev–Trinajstić information content (AvgIpc) is 2.86. The Bertz CT molecular complexity index is 547. The number of amides is 2. The van der Waals surface area contributed by atoms with E-state index in [4.69, 9.17) is 9.53 Å². The van der Waals surface area contributed by atoms with Gasteiger partial charge in [0.15, 0.2) is 0 Å². The van der Waals surface area contributed by atoms with Gasteiger partial charge in [-0.1, -0.05) is 6.07 Å². The van der Waals surface area contributed by atoms with Crippen LogP contribution in [0, 0.1) is 0 Å². The van der Waals surface area contributed by atoms with Gasteiger partial charge in [0.25, 0.3) is 0 Å². The molecule has 9 heteroatoms. The summed E-state index contributed by atoms with van der Waals surface area (Å²) in [6, 6.07) is 5.96. The van der Waals surface area contributed by atoms with Gasteiger partial charge in [-0.2, -0.15) is 13.2 Å². The molecule has 0 saturated carbocycles. The number of hydrogen-bond donors (Lipinski definition) is 3. The van der Waals surface area contributed by atoms with Crippen molar-refractivity contribution in [1.29, 1.82) is 0 Å². The quantitative estimate of drug-likeness (QED) is 0.772. The molecule has 0 bridgehead atoms. The Morgan fingerprint density at radius 3 is 2.45 bits per heavy atom. The van der Waals surface area contributed by atoms with E-state index >= 15 is 0 Å². The Morgan fingerprint density at radius 1 is 1.32 bits per heavy atom. The van der Waals surface area contributed by atoms with E-state index in [-0.39, 0.29) is 12.5 Å². The van der Waals surface area contributed by atoms with E-state index < -0.39 is 12.1 Å². The van der Waals surface area contributed by atoms with Crippen molar-refractivity contribution in [1.82, 2.24) is 5.32 Å². The predicted molar refractivity (Wildman–Crippen MR) is 72.7 cm³/mol. The van der Waals surface area contributed by atoms with Crippen LogP contribution in [0.4, 0.5) is 18.9 Å². The minimum Gasteiger partial charge on any atom is -0.375 e. The normalized spacial score (nSPS) is 12.9. The summed E-state index contributed by atoms with van der Waals surface area (Å²) in [7, 11) is 1.51. The molecule has 1 aromatic rings. The Kier molecular flexibility index (Phi) is 6.32. The van der Waals surface area contributed by atoms with Gasteiger partial charge in [-0.3, -0.25) is 9.59 Å². The van der Waals surface area contributed by atoms with Crippen molar-refractivity contribution in [2.45, 2.75) is 19.3 Å². The number of carbonyl (C=O) groups excluding carboxylic acids is 2. The van der Waals surface area contributed by atoms with Crippen LogP contribution in [0.3, 0.4) is 0 Å². The lowest BCUT2D eigenvalue weighted by molar-refractivity contribution is -0.169. The van der Waals surface area contributed by atoms with Gasteiger partial charge in [0.1, 0.15) is 6.61 Å². The van der Waals surface area contributed by atoms with Crippen LogP contribution in [-0.2, 0) is 27.4 Å². The molecule has 0 fully saturated rings. The number of hydrogen-bond acceptors (Lipinski definition) is 4. The van der Waals surface area contributed by atoms with E-state index in [1.807, 2.05) is 18.2 Å². The minimum absolute atomic E-state index is 0.0926. The molecule has 22 heavy (non-hydrogen) atoms. The van der Waals surface area contributed by atoms with Gasteiger partial charge >= 0.3 is 12.1 Å². The number of nitrogens with two attached hydrogens (primary N) is 1. The molecule has 0 atom stereocenters. The van der Waals surface area contributed by atoms with E-state index in [2.05, 4.69) is 16.4 Å². The third kappa shape index (κ3) is 5.70. The highest BCUT2D eigenvalue weighted by Gasteiger charge is 2.35. The fourth-order valence-corrected chi connectivity index (χ4v) is 1.70. The Hall–Kier alpha value is -2.13. The molecule has 2 amide bonds. The van der Waals surface area contributed by atoms with E-state index in [9.17, 15) is 18.0 Å². The molecule has 0 aromatic heterocycles. The number of fused-ring (bicyclic) bond motifs is 1. The van der Waals surface area contributed by atoms with Gasteiger partial charge in [-0.15, -0.1) is 0 Å². The first-order valence-electron chi connectivity index (χ1n) is 6.22. The summed E-state index contributed by atoms with van der Waals surface area (Å²) in [5.74, 6) is -2.38. The molecule has 122 valence electrons. The van der Waals surface area contributed by atoms with Gasteiger partial charge in [0.2, 0.25) is 5.91 Å². The number of halogens is 3. The number of nitrogens with one attached hydrogen (secondary N) is 2. The smallest absolute Gasteiger partial charge is 0.375 e. The van der Waals surface area contributed by atoms with E-state index in [1.165, 1.54) is 18.2 Å². The van der Waals surface area contributed by atoms with Gasteiger partial charge in [0.05, 0.1) is 0 Å². The van der Waals surface area contributed by atoms with Crippen LogP contribution in [0.25, 0.3) is 0 Å². The van der Waals surface area contributed by atoms with Gasteiger partial charge < -0.3 is 21.1 Å². The number of methoxy groups -OCH3 is 1. The summed E-state index contributed by atoms with van der Waals surface area (Å²) >= 11 is 0. The van der Waals surface area contributed by atoms with Crippen LogP contribution >= 0.6 is 0 Å². The van der Waals surface area contributed by atoms with Crippen molar-refractivity contribution in [2.24, 2.45) is 5.73 Å². The molecular formula is C13H16F3N3O3. The standard InChI is InChI=1S/C11H14N2O2.C2H2F3NO/c1-15-7-11(14)13-10-3-2-8-5-12-6-9(8)4-10;3-2(4,5)1(6)7/h2-4,12H,5-7H2,1H3,(H,13,14);(H2,6,7). The molecule has 1 aromatic carbocycles. The number of benzene rings is 1. The summed E-state index contributed by atoms with van der Waals surface area (Å²) in [5.41, 5.74) is 7.20. The summed E-state index contributed by atoms with van der Waals surface area (Å²) < 4.78 is 36.9. The fourth-order valence-electron chi connectivity index (χ4n) is 1.70. The molecule has 2 rings (SSSR count). The molecule has 0 unspecified atom stereocenters. The first-order valence-corrected chi connectivity index (χ1v) is 6.22. The molecular weight excluding hydrogens is 303 g/mol. The maximum atomic E-state index is 11.3. The highest BCUT2D eigenvalue weighted by Crippen LogP contribution is 2.19. The molecule has 4 N–H and O–H groups in total. The molecule has 1 heterocycles. The highest BCUT2D eigenvalue weighted by molar-refractivity contribution is 5.91. The van der Waals surface area contributed by atoms with Crippen LogP contribution in [0.2, 0.25) is 0 Å². The van der Waals surface area contributed by atoms with Gasteiger partial charge in [-0.05, 0) is 23.3 Å². The fraction of sp³-hybridized carbons (Fsp3) is 0.385. The van der Waals surface area contributed by atoms with Crippen molar-refractivity contribution in [3.05, 3.63) is 29.3 Å². The summed E-state index contributed by atoms with van der Waals surface area (Å²) in [6.07, 6.45) is -4.86. The van der Waals surface area contributed by atoms with E-state index in [0.717, 1.165) is 18.8 Å². The maximum absolute atomic E-state index is 11.3. The van der Waals surface area contributed by atoms with Crippen LogP contribution in [-0.4, -0.2) is 31.7 Å². The van der Waals surface area contributed by atoms with Crippen molar-refractivity contribution in [2.75, 3.05) is 19.0 Å². The second-order valence-corrected chi connectivity index (χ2v) is 4.43. The van der Waals surface area contributed by atoms with Crippen LogP contribution in [0.15, 0.2) is 18.2 Å². The van der Waals surface area contributed by atoms with E-state index in [1.54, 1.807) is 0 Å². The Balaban J connectivity index is 0.000000295. The monoisotopic (exact) mass is 319 g/mol. The number of anilines is 1. The molecule has 6 nitrogen and oxygen atoms in total. The minimum atomic E-state index is -4.86. The zero-order valence-electron chi connectivity index (χ0n) is 11.8. The first-order chi connectivity index (χ1) is 10.2. The van der Waals surface area contributed by atoms with Gasteiger partial charge in [-0.25, -0.2) is 0 Å². The number of primary amides is 1. The zero-order valence-corrected chi connectivity index (χ0v) is 11.8. The molecule has 0 aliphatic carbocycles. The summed E-state index contributed by atoms with van der Waals surface area (Å²) in [6.45, 7) is 1.89. The lowest BCUT2D eigenvalue weighted by Gasteiger charge is -2.06. The molecule has 1 aliphatic heterocycles. The topological polar surface area (TPSA) is 93.4 Å². The Labute approximate surface area is 124 Å². The number of alkyl halides is 3. The molecule has 0 saturated heterocycles. The third-order valence-corrected chi connectivity index (χ3v) is 2.68. The maximum Gasteiger partial charge on any atom is 0.470 e. The molecule has 1 aliphatic rings. The average molecular weight is 319 g/mol. The molecule has 0 spiro atoms.